The number of nitrogens with one attached hydrogen (secondary N) is 3. The molecule has 21 heavy (non-hydrogen) atoms. The molecule has 0 heterocycles. The highest BCUT2D eigenvalue weighted by Crippen LogP contribution is 2.15. The van der Waals surface area contributed by atoms with Gasteiger partial charge in [-0.05, 0) is 30.4 Å². The Balaban J connectivity index is 2.63. The van der Waals surface area contributed by atoms with Crippen molar-refractivity contribution >= 4 is 40.6 Å². The molecule has 1 amide bonds. The molecule has 0 aliphatic carbocycles. The van der Waals surface area contributed by atoms with Crippen molar-refractivity contribution in [1.29, 1.82) is 0 Å². The molecule has 1 rings (SSSR count). The van der Waals surface area contributed by atoms with Crippen LogP contribution in [0.1, 0.15) is 0 Å². The number of amides is 1. The van der Waals surface area contributed by atoms with Crippen molar-refractivity contribution in [2.45, 2.75) is 0 Å². The Hall–Kier alpha value is -2.67. The topological polar surface area (TPSA) is 90.5 Å². The summed E-state index contributed by atoms with van der Waals surface area (Å²) in [4.78, 5) is 21.8. The number of benzene rings is 1. The van der Waals surface area contributed by atoms with E-state index >= 15 is 0 Å². The minimum atomic E-state index is -1.18. The number of carbonyl (C=O) groups excluding carboxylic acids is 1. The number of hydrogen-bond donors (Lipinski definition) is 4. The fraction of sp³-hybridized carbons (Fsp3) is 0.0714. The third kappa shape index (κ3) is 6.88. The number of carbonyl (C=O) groups is 2. The van der Waals surface area contributed by atoms with Crippen molar-refractivity contribution in [1.82, 2.24) is 5.32 Å². The predicted molar refractivity (Wildman–Crippen MR) is 86.3 cm³/mol. The minimum absolute atomic E-state index is 0.434. The van der Waals surface area contributed by atoms with Crippen LogP contribution in [-0.2, 0) is 9.59 Å². The molecule has 0 fully saturated rings. The van der Waals surface area contributed by atoms with Crippen molar-refractivity contribution in [3.05, 3.63) is 49.1 Å². The standard InChI is InChI=1S/C14H15N3O3S/c1-2-8-15-14(21)17-11-5-3-4-10(9-11)16-12(18)6-7-13(19)20/h2-7,9H,1,8H2,(H,16,18)(H,19,20)(H2,15,17,21)/b7-6-. The van der Waals surface area contributed by atoms with Crippen LogP contribution in [0.3, 0.4) is 0 Å². The lowest BCUT2D eigenvalue weighted by Crippen LogP contribution is -2.28. The number of carboxylic acids is 1. The molecule has 0 unspecified atom stereocenters. The Bertz CT molecular complexity index is 585. The summed E-state index contributed by atoms with van der Waals surface area (Å²) in [7, 11) is 0. The number of carboxylic acid groups (broad SMARTS) is 1. The highest BCUT2D eigenvalue weighted by Gasteiger charge is 2.01. The molecular formula is C14H15N3O3S. The van der Waals surface area contributed by atoms with Gasteiger partial charge in [0.25, 0.3) is 0 Å². The van der Waals surface area contributed by atoms with E-state index in [1.165, 1.54) is 0 Å². The Morgan fingerprint density at radius 2 is 1.90 bits per heavy atom. The Kier molecular flexibility index (Phi) is 6.62. The number of rotatable bonds is 6. The van der Waals surface area contributed by atoms with Gasteiger partial charge in [0.2, 0.25) is 5.91 Å². The highest BCUT2D eigenvalue weighted by atomic mass is 32.1. The molecule has 0 bridgehead atoms. The molecule has 0 aliphatic rings. The van der Waals surface area contributed by atoms with Crippen LogP contribution in [0.5, 0.6) is 0 Å². The van der Waals surface area contributed by atoms with E-state index in [4.69, 9.17) is 17.3 Å². The normalized spacial score (nSPS) is 9.90. The SMILES string of the molecule is C=CCNC(=S)Nc1cccc(NC(=O)/C=C\C(=O)O)c1. The van der Waals surface area contributed by atoms with E-state index in [1.54, 1.807) is 30.3 Å². The third-order valence-corrected chi connectivity index (χ3v) is 2.42. The van der Waals surface area contributed by atoms with Crippen molar-refractivity contribution in [2.75, 3.05) is 17.2 Å². The van der Waals surface area contributed by atoms with Gasteiger partial charge in [-0.2, -0.15) is 0 Å². The van der Waals surface area contributed by atoms with E-state index in [9.17, 15) is 9.59 Å². The molecule has 7 heteroatoms. The zero-order valence-electron chi connectivity index (χ0n) is 11.1. The first-order valence-corrected chi connectivity index (χ1v) is 6.40. The van der Waals surface area contributed by atoms with E-state index in [1.807, 2.05) is 0 Å². The van der Waals surface area contributed by atoms with Gasteiger partial charge in [0.05, 0.1) is 0 Å². The molecule has 1 aromatic rings. The number of thiocarbonyl (C=S) groups is 1. The molecule has 6 nitrogen and oxygen atoms in total. The predicted octanol–water partition coefficient (Wildman–Crippen LogP) is 1.74. The zero-order chi connectivity index (χ0) is 15.7. The molecule has 0 saturated carbocycles. The van der Waals surface area contributed by atoms with E-state index < -0.39 is 11.9 Å². The Morgan fingerprint density at radius 3 is 2.52 bits per heavy atom. The summed E-state index contributed by atoms with van der Waals surface area (Å²) < 4.78 is 0. The third-order valence-electron chi connectivity index (χ3n) is 2.17. The van der Waals surface area contributed by atoms with Crippen LogP contribution < -0.4 is 16.0 Å². The molecule has 0 aliphatic heterocycles. The van der Waals surface area contributed by atoms with Gasteiger partial charge in [0.15, 0.2) is 5.11 Å². The molecule has 1 aromatic carbocycles. The average Bonchev–Trinajstić information content (AvgIpc) is 2.43. The minimum Gasteiger partial charge on any atom is -0.478 e. The fourth-order valence-electron chi connectivity index (χ4n) is 1.35. The van der Waals surface area contributed by atoms with Crippen LogP contribution >= 0.6 is 12.2 Å². The van der Waals surface area contributed by atoms with Gasteiger partial charge in [-0.1, -0.05) is 12.1 Å². The summed E-state index contributed by atoms with van der Waals surface area (Å²) in [6.07, 6.45) is 3.39. The van der Waals surface area contributed by atoms with Crippen LogP contribution in [0.2, 0.25) is 0 Å². The zero-order valence-corrected chi connectivity index (χ0v) is 11.9. The quantitative estimate of drug-likeness (QED) is 0.364. The van der Waals surface area contributed by atoms with Crippen LogP contribution in [0.25, 0.3) is 0 Å². The summed E-state index contributed by atoms with van der Waals surface area (Å²) in [5.74, 6) is -1.71. The maximum absolute atomic E-state index is 11.5. The second-order valence-electron chi connectivity index (χ2n) is 3.87. The largest absolute Gasteiger partial charge is 0.478 e. The van der Waals surface area contributed by atoms with Crippen molar-refractivity contribution < 1.29 is 14.7 Å². The van der Waals surface area contributed by atoms with Gasteiger partial charge in [0, 0.05) is 30.1 Å². The molecular weight excluding hydrogens is 290 g/mol. The summed E-state index contributed by atoms with van der Waals surface area (Å²) >= 11 is 5.07. The summed E-state index contributed by atoms with van der Waals surface area (Å²) in [6.45, 7) is 4.11. The second kappa shape index (κ2) is 8.49. The van der Waals surface area contributed by atoms with Gasteiger partial charge in [0.1, 0.15) is 0 Å². The van der Waals surface area contributed by atoms with Gasteiger partial charge < -0.3 is 21.1 Å². The first-order valence-electron chi connectivity index (χ1n) is 5.99. The highest BCUT2D eigenvalue weighted by molar-refractivity contribution is 7.80. The van der Waals surface area contributed by atoms with Crippen molar-refractivity contribution in [2.24, 2.45) is 0 Å². The van der Waals surface area contributed by atoms with Crippen LogP contribution in [0.4, 0.5) is 11.4 Å². The maximum Gasteiger partial charge on any atom is 0.328 e. The summed E-state index contributed by atoms with van der Waals surface area (Å²) in [5, 5.41) is 17.3. The van der Waals surface area contributed by atoms with Crippen LogP contribution in [0, 0.1) is 0 Å². The van der Waals surface area contributed by atoms with Gasteiger partial charge in [-0.3, -0.25) is 4.79 Å². The van der Waals surface area contributed by atoms with E-state index in [-0.39, 0.29) is 0 Å². The van der Waals surface area contributed by atoms with E-state index in [0.29, 0.717) is 23.0 Å². The molecule has 0 radical (unpaired) electrons. The van der Waals surface area contributed by atoms with Crippen LogP contribution in [0.15, 0.2) is 49.1 Å². The lowest BCUT2D eigenvalue weighted by molar-refractivity contribution is -0.131. The molecule has 4 N–H and O–H groups in total. The maximum atomic E-state index is 11.5. The lowest BCUT2D eigenvalue weighted by atomic mass is 10.2. The van der Waals surface area contributed by atoms with Gasteiger partial charge in [-0.15, -0.1) is 6.58 Å². The van der Waals surface area contributed by atoms with Crippen LogP contribution in [-0.4, -0.2) is 28.6 Å². The molecule has 0 spiro atoms. The Morgan fingerprint density at radius 1 is 1.24 bits per heavy atom. The first kappa shape index (κ1) is 16.4. The van der Waals surface area contributed by atoms with Gasteiger partial charge >= 0.3 is 5.97 Å². The molecule has 0 atom stereocenters. The molecule has 0 aromatic heterocycles. The number of anilines is 2. The average molecular weight is 305 g/mol. The molecule has 110 valence electrons. The van der Waals surface area contributed by atoms with E-state index in [2.05, 4.69) is 22.5 Å². The number of aliphatic carboxylic acids is 1. The Labute approximate surface area is 127 Å². The van der Waals surface area contributed by atoms with Crippen molar-refractivity contribution in [3.63, 3.8) is 0 Å². The van der Waals surface area contributed by atoms with E-state index in [0.717, 1.165) is 12.2 Å². The summed E-state index contributed by atoms with van der Waals surface area (Å²) in [5.41, 5.74) is 1.21. The fourth-order valence-corrected chi connectivity index (χ4v) is 1.55. The number of hydrogen-bond acceptors (Lipinski definition) is 3. The van der Waals surface area contributed by atoms with Crippen molar-refractivity contribution in [3.8, 4) is 0 Å². The smallest absolute Gasteiger partial charge is 0.328 e. The van der Waals surface area contributed by atoms with Gasteiger partial charge in [-0.25, -0.2) is 4.79 Å². The molecule has 0 saturated heterocycles. The first-order chi connectivity index (χ1) is 10.0. The monoisotopic (exact) mass is 305 g/mol. The second-order valence-corrected chi connectivity index (χ2v) is 4.27. The lowest BCUT2D eigenvalue weighted by Gasteiger charge is -2.10. The summed E-state index contributed by atoms with van der Waals surface area (Å²) in [6, 6.07) is 6.87.